The van der Waals surface area contributed by atoms with Crippen LogP contribution >= 0.6 is 0 Å². The summed E-state index contributed by atoms with van der Waals surface area (Å²) in [5, 5.41) is 19.7. The molecule has 1 amide bonds. The first kappa shape index (κ1) is 16.7. The van der Waals surface area contributed by atoms with Gasteiger partial charge in [-0.25, -0.2) is 9.48 Å². The molecular formula is C16H20N4O3. The van der Waals surface area contributed by atoms with Crippen LogP contribution in [0, 0.1) is 6.92 Å². The van der Waals surface area contributed by atoms with Gasteiger partial charge in [-0.2, -0.15) is 0 Å². The Balaban J connectivity index is 2.08. The number of rotatable bonds is 7. The van der Waals surface area contributed by atoms with Crippen LogP contribution in [0.5, 0.6) is 0 Å². The van der Waals surface area contributed by atoms with Crippen molar-refractivity contribution in [2.75, 3.05) is 0 Å². The van der Waals surface area contributed by atoms with E-state index in [1.54, 1.807) is 4.68 Å². The molecule has 0 aliphatic rings. The zero-order valence-electron chi connectivity index (χ0n) is 13.2. The molecule has 7 nitrogen and oxygen atoms in total. The van der Waals surface area contributed by atoms with E-state index in [2.05, 4.69) is 15.6 Å². The minimum Gasteiger partial charge on any atom is -0.480 e. The van der Waals surface area contributed by atoms with E-state index in [0.717, 1.165) is 11.4 Å². The van der Waals surface area contributed by atoms with Gasteiger partial charge in [-0.15, -0.1) is 5.10 Å². The number of hydrogen-bond donors (Lipinski definition) is 2. The van der Waals surface area contributed by atoms with Crippen LogP contribution < -0.4 is 5.32 Å². The summed E-state index contributed by atoms with van der Waals surface area (Å²) in [5.74, 6) is -1.39. The minimum atomic E-state index is -1.02. The Morgan fingerprint density at radius 2 is 2.00 bits per heavy atom. The molecule has 1 unspecified atom stereocenters. The maximum absolute atomic E-state index is 12.0. The number of amides is 1. The number of carboxylic acid groups (broad SMARTS) is 1. The van der Waals surface area contributed by atoms with E-state index < -0.39 is 12.0 Å². The van der Waals surface area contributed by atoms with E-state index in [1.165, 1.54) is 0 Å². The molecule has 2 aromatic rings. The lowest BCUT2D eigenvalue weighted by Gasteiger charge is -2.13. The molecule has 0 aliphatic heterocycles. The van der Waals surface area contributed by atoms with Crippen LogP contribution in [-0.4, -0.2) is 38.0 Å². The van der Waals surface area contributed by atoms with E-state index in [9.17, 15) is 9.59 Å². The number of para-hydroxylation sites is 1. The SMILES string of the molecule is CCCC(NC(=O)Cc1nnn(-c2ccccc2)c1C)C(=O)O. The number of aromatic nitrogens is 3. The van der Waals surface area contributed by atoms with Gasteiger partial charge in [0.05, 0.1) is 23.5 Å². The summed E-state index contributed by atoms with van der Waals surface area (Å²) in [6.07, 6.45) is 1.09. The van der Waals surface area contributed by atoms with Crippen molar-refractivity contribution in [3.63, 3.8) is 0 Å². The fraction of sp³-hybridized carbons (Fsp3) is 0.375. The Morgan fingerprint density at radius 1 is 1.30 bits per heavy atom. The van der Waals surface area contributed by atoms with Crippen molar-refractivity contribution in [2.45, 2.75) is 39.2 Å². The van der Waals surface area contributed by atoms with Gasteiger partial charge in [-0.1, -0.05) is 36.8 Å². The molecule has 1 heterocycles. The molecule has 1 aromatic heterocycles. The number of carbonyl (C=O) groups excluding carboxylic acids is 1. The number of nitrogens with one attached hydrogen (secondary N) is 1. The maximum atomic E-state index is 12.0. The highest BCUT2D eigenvalue weighted by Gasteiger charge is 2.20. The van der Waals surface area contributed by atoms with E-state index in [4.69, 9.17) is 5.11 Å². The zero-order chi connectivity index (χ0) is 16.8. The summed E-state index contributed by atoms with van der Waals surface area (Å²) in [6.45, 7) is 3.70. The second kappa shape index (κ2) is 7.53. The van der Waals surface area contributed by atoms with Crippen molar-refractivity contribution in [1.29, 1.82) is 0 Å². The van der Waals surface area contributed by atoms with Gasteiger partial charge in [0, 0.05) is 0 Å². The molecule has 2 rings (SSSR count). The number of carbonyl (C=O) groups is 2. The third kappa shape index (κ3) is 4.15. The molecule has 0 saturated heterocycles. The third-order valence-corrected chi connectivity index (χ3v) is 3.53. The van der Waals surface area contributed by atoms with Crippen LogP contribution in [0.3, 0.4) is 0 Å². The van der Waals surface area contributed by atoms with Gasteiger partial charge in [-0.05, 0) is 25.5 Å². The first-order valence-corrected chi connectivity index (χ1v) is 7.51. The summed E-state index contributed by atoms with van der Waals surface area (Å²) in [7, 11) is 0. The van der Waals surface area contributed by atoms with Gasteiger partial charge < -0.3 is 10.4 Å². The normalized spacial score (nSPS) is 11.9. The number of benzene rings is 1. The number of nitrogens with zero attached hydrogens (tertiary/aromatic N) is 3. The highest BCUT2D eigenvalue weighted by Crippen LogP contribution is 2.12. The van der Waals surface area contributed by atoms with Gasteiger partial charge in [0.15, 0.2) is 0 Å². The molecule has 2 N–H and O–H groups in total. The molecule has 0 fully saturated rings. The lowest BCUT2D eigenvalue weighted by atomic mass is 10.1. The summed E-state index contributed by atoms with van der Waals surface area (Å²) in [5.41, 5.74) is 2.15. The van der Waals surface area contributed by atoms with Crippen LogP contribution in [-0.2, 0) is 16.0 Å². The van der Waals surface area contributed by atoms with Crippen LogP contribution in [0.25, 0.3) is 5.69 Å². The average molecular weight is 316 g/mol. The van der Waals surface area contributed by atoms with Crippen molar-refractivity contribution in [3.8, 4) is 5.69 Å². The summed E-state index contributed by atoms with van der Waals surface area (Å²) in [4.78, 5) is 23.1. The first-order chi connectivity index (χ1) is 11.0. The number of hydrogen-bond acceptors (Lipinski definition) is 4. The molecule has 0 bridgehead atoms. The van der Waals surface area contributed by atoms with E-state index >= 15 is 0 Å². The fourth-order valence-corrected chi connectivity index (χ4v) is 2.28. The van der Waals surface area contributed by atoms with Crippen molar-refractivity contribution in [3.05, 3.63) is 41.7 Å². The minimum absolute atomic E-state index is 0.00611. The Hall–Kier alpha value is -2.70. The molecular weight excluding hydrogens is 296 g/mol. The van der Waals surface area contributed by atoms with Crippen LogP contribution in [0.15, 0.2) is 30.3 Å². The average Bonchev–Trinajstić information content (AvgIpc) is 2.88. The molecule has 0 aliphatic carbocycles. The lowest BCUT2D eigenvalue weighted by Crippen LogP contribution is -2.41. The molecule has 1 aromatic carbocycles. The van der Waals surface area contributed by atoms with E-state index in [0.29, 0.717) is 18.5 Å². The molecule has 0 saturated carbocycles. The van der Waals surface area contributed by atoms with E-state index in [1.807, 2.05) is 44.2 Å². The van der Waals surface area contributed by atoms with Crippen molar-refractivity contribution < 1.29 is 14.7 Å². The molecule has 122 valence electrons. The van der Waals surface area contributed by atoms with Crippen molar-refractivity contribution in [1.82, 2.24) is 20.3 Å². The Bertz CT molecular complexity index is 682. The largest absolute Gasteiger partial charge is 0.480 e. The topological polar surface area (TPSA) is 97.1 Å². The summed E-state index contributed by atoms with van der Waals surface area (Å²) >= 11 is 0. The first-order valence-electron chi connectivity index (χ1n) is 7.51. The maximum Gasteiger partial charge on any atom is 0.326 e. The third-order valence-electron chi connectivity index (χ3n) is 3.53. The number of aliphatic carboxylic acids is 1. The molecule has 23 heavy (non-hydrogen) atoms. The zero-order valence-corrected chi connectivity index (χ0v) is 13.2. The van der Waals surface area contributed by atoms with Gasteiger partial charge >= 0.3 is 5.97 Å². The highest BCUT2D eigenvalue weighted by molar-refractivity contribution is 5.84. The molecule has 0 spiro atoms. The highest BCUT2D eigenvalue weighted by atomic mass is 16.4. The van der Waals surface area contributed by atoms with Crippen LogP contribution in [0.4, 0.5) is 0 Å². The van der Waals surface area contributed by atoms with Gasteiger partial charge in [0.2, 0.25) is 5.91 Å². The predicted octanol–water partition coefficient (Wildman–Crippen LogP) is 1.49. The fourth-order valence-electron chi connectivity index (χ4n) is 2.28. The second-order valence-electron chi connectivity index (χ2n) is 5.29. The second-order valence-corrected chi connectivity index (χ2v) is 5.29. The molecule has 1 atom stereocenters. The molecule has 0 radical (unpaired) electrons. The van der Waals surface area contributed by atoms with Crippen molar-refractivity contribution >= 4 is 11.9 Å². The molecule has 7 heteroatoms. The Morgan fingerprint density at radius 3 is 2.61 bits per heavy atom. The monoisotopic (exact) mass is 316 g/mol. The Kier molecular flexibility index (Phi) is 5.46. The van der Waals surface area contributed by atoms with Crippen molar-refractivity contribution in [2.24, 2.45) is 0 Å². The quantitative estimate of drug-likeness (QED) is 0.806. The summed E-state index contributed by atoms with van der Waals surface area (Å²) < 4.78 is 1.66. The smallest absolute Gasteiger partial charge is 0.326 e. The lowest BCUT2D eigenvalue weighted by molar-refractivity contribution is -0.141. The Labute approximate surface area is 134 Å². The number of carboxylic acids is 1. The summed E-state index contributed by atoms with van der Waals surface area (Å²) in [6, 6.07) is 8.62. The van der Waals surface area contributed by atoms with E-state index in [-0.39, 0.29) is 12.3 Å². The predicted molar refractivity (Wildman–Crippen MR) is 84.3 cm³/mol. The van der Waals surface area contributed by atoms with Gasteiger partial charge in [-0.3, -0.25) is 4.79 Å². The van der Waals surface area contributed by atoms with Gasteiger partial charge in [0.1, 0.15) is 6.04 Å². The van der Waals surface area contributed by atoms with Crippen LogP contribution in [0.1, 0.15) is 31.2 Å². The van der Waals surface area contributed by atoms with Gasteiger partial charge in [0.25, 0.3) is 0 Å². The standard InChI is InChI=1S/C16H20N4O3/c1-3-7-13(16(22)23)17-15(21)10-14-11(2)20(19-18-14)12-8-5-4-6-9-12/h4-6,8-9,13H,3,7,10H2,1-2H3,(H,17,21)(H,22,23). The van der Waals surface area contributed by atoms with Crippen LogP contribution in [0.2, 0.25) is 0 Å².